The van der Waals surface area contributed by atoms with E-state index in [9.17, 15) is 0 Å². The van der Waals surface area contributed by atoms with Gasteiger partial charge < -0.3 is 10.2 Å². The van der Waals surface area contributed by atoms with Crippen LogP contribution in [0.25, 0.3) is 0 Å². The largest absolute Gasteiger partial charge is 0.359 e. The fourth-order valence-electron chi connectivity index (χ4n) is 1.67. The number of hydrogen-bond acceptors (Lipinski definition) is 4. The van der Waals surface area contributed by atoms with Crippen LogP contribution in [-0.4, -0.2) is 28.4 Å². The zero-order valence-electron chi connectivity index (χ0n) is 8.66. The highest BCUT2D eigenvalue weighted by molar-refractivity contribution is 7.80. The van der Waals surface area contributed by atoms with Crippen LogP contribution in [0.2, 0.25) is 0 Å². The first-order chi connectivity index (χ1) is 6.59. The molecule has 76 valence electrons. The average Bonchev–Trinajstić information content (AvgIpc) is 2.47. The van der Waals surface area contributed by atoms with Gasteiger partial charge in [0.25, 0.3) is 0 Å². The van der Waals surface area contributed by atoms with Gasteiger partial charge >= 0.3 is 0 Å². The number of nitrogens with zero attached hydrogens (tertiary/aromatic N) is 2. The van der Waals surface area contributed by atoms with Gasteiger partial charge in [0.05, 0.1) is 6.67 Å². The Balaban J connectivity index is 2.37. The fourth-order valence-corrected chi connectivity index (χ4v) is 2.00. The summed E-state index contributed by atoms with van der Waals surface area (Å²) in [5.74, 6) is 1.99. The molecule has 5 heteroatoms. The van der Waals surface area contributed by atoms with E-state index >= 15 is 0 Å². The molecule has 2 aliphatic rings. The second-order valence-corrected chi connectivity index (χ2v) is 4.30. The number of nitrogens with two attached hydrogens (primary N) is 1. The number of aliphatic imine (C=N–C) groups is 1. The van der Waals surface area contributed by atoms with Crippen LogP contribution in [0, 0.1) is 0 Å². The molecule has 0 aromatic heterocycles. The third-order valence-electron chi connectivity index (χ3n) is 2.41. The predicted molar refractivity (Wildman–Crippen MR) is 59.6 cm³/mol. The lowest BCUT2D eigenvalue weighted by atomic mass is 10.3. The SMILES string of the molecule is CC1=NC2=C(NCN2C(C)C)C(=S)[NH2+]1. The van der Waals surface area contributed by atoms with Gasteiger partial charge in [-0.1, -0.05) is 0 Å². The van der Waals surface area contributed by atoms with E-state index in [0.717, 1.165) is 29.0 Å². The summed E-state index contributed by atoms with van der Waals surface area (Å²) in [6, 6.07) is 0.451. The summed E-state index contributed by atoms with van der Waals surface area (Å²) in [4.78, 5) is 7.61. The van der Waals surface area contributed by atoms with Crippen LogP contribution in [0.1, 0.15) is 20.8 Å². The van der Waals surface area contributed by atoms with Gasteiger partial charge in [-0.2, -0.15) is 4.99 Å². The molecule has 0 saturated carbocycles. The van der Waals surface area contributed by atoms with Gasteiger partial charge in [0.2, 0.25) is 10.8 Å². The van der Waals surface area contributed by atoms with E-state index in [4.69, 9.17) is 12.2 Å². The fraction of sp³-hybridized carbons (Fsp3) is 0.556. The van der Waals surface area contributed by atoms with Crippen LogP contribution in [0.15, 0.2) is 16.5 Å². The van der Waals surface area contributed by atoms with Crippen molar-refractivity contribution in [2.24, 2.45) is 4.99 Å². The first kappa shape index (κ1) is 9.61. The molecule has 2 rings (SSSR count). The number of amidine groups is 1. The van der Waals surface area contributed by atoms with Crippen molar-refractivity contribution in [1.82, 2.24) is 10.2 Å². The van der Waals surface area contributed by atoms with Gasteiger partial charge in [-0.3, -0.25) is 5.32 Å². The Hall–Kier alpha value is -0.940. The molecule has 2 heterocycles. The maximum Gasteiger partial charge on any atom is 0.228 e. The van der Waals surface area contributed by atoms with Gasteiger partial charge in [-0.05, 0) is 26.1 Å². The second-order valence-electron chi connectivity index (χ2n) is 3.86. The van der Waals surface area contributed by atoms with Gasteiger partial charge in [-0.25, -0.2) is 0 Å². The third kappa shape index (κ3) is 1.42. The van der Waals surface area contributed by atoms with Crippen molar-refractivity contribution in [3.05, 3.63) is 11.5 Å². The van der Waals surface area contributed by atoms with Crippen LogP contribution in [0.4, 0.5) is 0 Å². The van der Waals surface area contributed by atoms with E-state index in [0.29, 0.717) is 6.04 Å². The highest BCUT2D eigenvalue weighted by atomic mass is 32.1. The Morgan fingerprint density at radius 2 is 2.29 bits per heavy atom. The topological polar surface area (TPSA) is 44.2 Å². The zero-order valence-corrected chi connectivity index (χ0v) is 9.48. The Morgan fingerprint density at radius 1 is 1.57 bits per heavy atom. The summed E-state index contributed by atoms with van der Waals surface area (Å²) in [5.41, 5.74) is 1.01. The van der Waals surface area contributed by atoms with E-state index in [1.54, 1.807) is 0 Å². The number of rotatable bonds is 1. The minimum Gasteiger partial charge on any atom is -0.359 e. The molecule has 0 aromatic rings. The summed E-state index contributed by atoms with van der Waals surface area (Å²) in [5, 5.41) is 5.22. The Labute approximate surface area is 89.1 Å². The predicted octanol–water partition coefficient (Wildman–Crippen LogP) is -0.251. The van der Waals surface area contributed by atoms with E-state index in [1.165, 1.54) is 0 Å². The molecule has 3 N–H and O–H groups in total. The van der Waals surface area contributed by atoms with Crippen LogP contribution in [-0.2, 0) is 0 Å². The van der Waals surface area contributed by atoms with Crippen LogP contribution >= 0.6 is 12.2 Å². The summed E-state index contributed by atoms with van der Waals surface area (Å²) in [7, 11) is 0. The molecule has 0 amide bonds. The highest BCUT2D eigenvalue weighted by Crippen LogP contribution is 2.20. The normalized spacial score (nSPS) is 21.3. The molecule has 0 atom stereocenters. The maximum atomic E-state index is 5.28. The molecule has 0 spiro atoms. The number of thiocarbonyl (C=S) groups is 1. The average molecular weight is 211 g/mol. The lowest BCUT2D eigenvalue weighted by Crippen LogP contribution is -2.92. The first-order valence-corrected chi connectivity index (χ1v) is 5.19. The lowest BCUT2D eigenvalue weighted by molar-refractivity contribution is -0.404. The van der Waals surface area contributed by atoms with Gasteiger partial charge in [-0.15, -0.1) is 0 Å². The highest BCUT2D eigenvalue weighted by Gasteiger charge is 2.31. The molecule has 0 unspecified atom stereocenters. The summed E-state index contributed by atoms with van der Waals surface area (Å²) in [6.45, 7) is 7.10. The number of nitrogens with one attached hydrogen (secondary N) is 1. The molecular formula is C9H15N4S+. The maximum absolute atomic E-state index is 5.28. The Bertz CT molecular complexity index is 343. The Morgan fingerprint density at radius 3 is 2.93 bits per heavy atom. The van der Waals surface area contributed by atoms with E-state index in [2.05, 4.69) is 29.1 Å². The van der Waals surface area contributed by atoms with Gasteiger partial charge in [0, 0.05) is 13.0 Å². The minimum absolute atomic E-state index is 0.451. The van der Waals surface area contributed by atoms with Crippen LogP contribution in [0.3, 0.4) is 0 Å². The summed E-state index contributed by atoms with van der Waals surface area (Å²) < 4.78 is 0. The second kappa shape index (κ2) is 3.33. The molecule has 14 heavy (non-hydrogen) atoms. The molecule has 0 bridgehead atoms. The summed E-state index contributed by atoms with van der Waals surface area (Å²) >= 11 is 5.28. The molecule has 2 aliphatic heterocycles. The molecule has 4 nitrogen and oxygen atoms in total. The standard InChI is InChI=1S/C9H14N4S/c1-5(2)13-4-10-7-8(13)11-6(3)12-9(7)14/h5,10H,4H2,1-3H3,(H,11,12,14)/p+1. The quantitative estimate of drug-likeness (QED) is 0.588. The number of hydrogen-bond donors (Lipinski definition) is 2. The van der Waals surface area contributed by atoms with Crippen molar-refractivity contribution in [2.45, 2.75) is 26.8 Å². The van der Waals surface area contributed by atoms with E-state index < -0.39 is 0 Å². The van der Waals surface area contributed by atoms with Gasteiger partial charge in [0.1, 0.15) is 0 Å². The lowest BCUT2D eigenvalue weighted by Gasteiger charge is -2.23. The summed E-state index contributed by atoms with van der Waals surface area (Å²) in [6.07, 6.45) is 0. The molecule has 0 saturated heterocycles. The van der Waals surface area contributed by atoms with Crippen molar-refractivity contribution in [1.29, 1.82) is 0 Å². The third-order valence-corrected chi connectivity index (χ3v) is 2.74. The molecule has 0 radical (unpaired) electrons. The molecule has 0 aromatic carbocycles. The minimum atomic E-state index is 0.451. The monoisotopic (exact) mass is 211 g/mol. The van der Waals surface area contributed by atoms with Crippen molar-refractivity contribution in [3.63, 3.8) is 0 Å². The van der Waals surface area contributed by atoms with Crippen LogP contribution < -0.4 is 10.6 Å². The van der Waals surface area contributed by atoms with E-state index in [-0.39, 0.29) is 0 Å². The zero-order chi connectivity index (χ0) is 10.3. The van der Waals surface area contributed by atoms with Crippen molar-refractivity contribution in [2.75, 3.05) is 6.67 Å². The van der Waals surface area contributed by atoms with Crippen molar-refractivity contribution < 1.29 is 5.32 Å². The smallest absolute Gasteiger partial charge is 0.228 e. The molecular weight excluding hydrogens is 196 g/mol. The Kier molecular flexibility index (Phi) is 2.28. The van der Waals surface area contributed by atoms with Crippen LogP contribution in [0.5, 0.6) is 0 Å². The first-order valence-electron chi connectivity index (χ1n) is 4.78. The molecule has 0 aliphatic carbocycles. The van der Waals surface area contributed by atoms with E-state index in [1.807, 2.05) is 12.2 Å². The number of quaternary nitrogens is 1. The van der Waals surface area contributed by atoms with Crippen molar-refractivity contribution >= 4 is 23.0 Å². The van der Waals surface area contributed by atoms with Crippen molar-refractivity contribution in [3.8, 4) is 0 Å². The van der Waals surface area contributed by atoms with Gasteiger partial charge in [0.15, 0.2) is 11.5 Å². The molecule has 0 fully saturated rings.